The standard InChI is InChI=1S/C28H34ClN7O/c1-34(2)11-12-35(3)24-14-25(37-5)23(13-22(24)30)32-28-31-15-21(29)26(33-28)20-16-36(4)27-18-8-6-7-17(18)9-10-19(20)27/h9-10,13-16H,6-8,11-12,30H2,1-5H3,(H,31,32,33). The lowest BCUT2D eigenvalue weighted by Gasteiger charge is -2.24. The summed E-state index contributed by atoms with van der Waals surface area (Å²) in [5.74, 6) is 1.07. The summed E-state index contributed by atoms with van der Waals surface area (Å²) < 4.78 is 7.88. The molecule has 2 aromatic heterocycles. The fourth-order valence-corrected chi connectivity index (χ4v) is 5.37. The largest absolute Gasteiger partial charge is 0.494 e. The maximum absolute atomic E-state index is 6.64. The number of fused-ring (bicyclic) bond motifs is 3. The first kappa shape index (κ1) is 25.2. The first-order chi connectivity index (χ1) is 17.8. The summed E-state index contributed by atoms with van der Waals surface area (Å²) in [5, 5.41) is 4.95. The van der Waals surface area contributed by atoms with Crippen LogP contribution in [0.4, 0.5) is 23.0 Å². The van der Waals surface area contributed by atoms with E-state index < -0.39 is 0 Å². The van der Waals surface area contributed by atoms with Gasteiger partial charge in [-0.1, -0.05) is 23.7 Å². The molecule has 4 aromatic rings. The van der Waals surface area contributed by atoms with Crippen LogP contribution >= 0.6 is 11.6 Å². The normalized spacial score (nSPS) is 12.8. The Morgan fingerprint density at radius 3 is 2.73 bits per heavy atom. The number of halogens is 1. The average Bonchev–Trinajstić information content (AvgIpc) is 3.48. The van der Waals surface area contributed by atoms with Crippen LogP contribution in [-0.4, -0.2) is 60.8 Å². The fourth-order valence-electron chi connectivity index (χ4n) is 5.17. The Morgan fingerprint density at radius 1 is 1.16 bits per heavy atom. The van der Waals surface area contributed by atoms with Gasteiger partial charge in [0.2, 0.25) is 5.95 Å². The molecule has 2 heterocycles. The predicted octanol–water partition coefficient (Wildman–Crippen LogP) is 5.11. The number of ether oxygens (including phenoxy) is 1. The van der Waals surface area contributed by atoms with Gasteiger partial charge in [0.1, 0.15) is 5.75 Å². The second-order valence-electron chi connectivity index (χ2n) is 9.96. The molecule has 37 heavy (non-hydrogen) atoms. The summed E-state index contributed by atoms with van der Waals surface area (Å²) in [5.41, 5.74) is 14.5. The zero-order chi connectivity index (χ0) is 26.3. The summed E-state index contributed by atoms with van der Waals surface area (Å²) in [7, 11) is 9.86. The van der Waals surface area contributed by atoms with Gasteiger partial charge >= 0.3 is 0 Å². The smallest absolute Gasteiger partial charge is 0.227 e. The van der Waals surface area contributed by atoms with Crippen LogP contribution in [0.3, 0.4) is 0 Å². The Morgan fingerprint density at radius 2 is 1.97 bits per heavy atom. The monoisotopic (exact) mass is 519 g/mol. The molecule has 5 rings (SSSR count). The summed E-state index contributed by atoms with van der Waals surface area (Å²) in [4.78, 5) is 13.5. The molecule has 0 bridgehead atoms. The second-order valence-corrected chi connectivity index (χ2v) is 10.4. The third-order valence-electron chi connectivity index (χ3n) is 7.11. The number of nitrogens with zero attached hydrogens (tertiary/aromatic N) is 5. The van der Waals surface area contributed by atoms with E-state index in [-0.39, 0.29) is 0 Å². The van der Waals surface area contributed by atoms with E-state index in [1.165, 1.54) is 23.1 Å². The summed E-state index contributed by atoms with van der Waals surface area (Å²) in [6.07, 6.45) is 7.20. The summed E-state index contributed by atoms with van der Waals surface area (Å²) in [6, 6.07) is 8.23. The number of hydrogen-bond acceptors (Lipinski definition) is 7. The van der Waals surface area contributed by atoms with Crippen molar-refractivity contribution in [3.8, 4) is 17.0 Å². The van der Waals surface area contributed by atoms with E-state index in [0.717, 1.165) is 42.6 Å². The Hall–Kier alpha value is -3.49. The van der Waals surface area contributed by atoms with Crippen LogP contribution in [0.1, 0.15) is 17.5 Å². The molecule has 0 radical (unpaired) electrons. The molecule has 8 nitrogen and oxygen atoms in total. The highest BCUT2D eigenvalue weighted by molar-refractivity contribution is 6.33. The van der Waals surface area contributed by atoms with Crippen LogP contribution in [-0.2, 0) is 19.9 Å². The Labute approximate surface area is 223 Å². The molecule has 2 aromatic carbocycles. The number of benzene rings is 2. The molecule has 194 valence electrons. The van der Waals surface area contributed by atoms with Crippen LogP contribution in [0, 0.1) is 0 Å². The van der Waals surface area contributed by atoms with Crippen LogP contribution < -0.4 is 20.7 Å². The van der Waals surface area contributed by atoms with Crippen LogP contribution in [0.2, 0.25) is 5.02 Å². The highest BCUT2D eigenvalue weighted by Gasteiger charge is 2.21. The quantitative estimate of drug-likeness (QED) is 0.313. The molecule has 1 aliphatic rings. The van der Waals surface area contributed by atoms with Crippen molar-refractivity contribution in [2.45, 2.75) is 19.3 Å². The van der Waals surface area contributed by atoms with E-state index in [1.54, 1.807) is 13.3 Å². The minimum atomic E-state index is 0.420. The molecule has 0 spiro atoms. The lowest BCUT2D eigenvalue weighted by molar-refractivity contribution is 0.413. The van der Waals surface area contributed by atoms with Gasteiger partial charge < -0.3 is 30.2 Å². The van der Waals surface area contributed by atoms with E-state index in [2.05, 4.69) is 64.1 Å². The second kappa shape index (κ2) is 10.1. The third kappa shape index (κ3) is 4.79. The van der Waals surface area contributed by atoms with Crippen molar-refractivity contribution in [3.05, 3.63) is 52.8 Å². The van der Waals surface area contributed by atoms with Crippen molar-refractivity contribution in [2.75, 3.05) is 57.3 Å². The van der Waals surface area contributed by atoms with E-state index in [9.17, 15) is 0 Å². The number of nitrogens with one attached hydrogen (secondary N) is 1. The molecule has 0 saturated heterocycles. The number of anilines is 4. The van der Waals surface area contributed by atoms with Gasteiger partial charge in [-0.3, -0.25) is 0 Å². The topological polar surface area (TPSA) is 84.5 Å². The lowest BCUT2D eigenvalue weighted by Crippen LogP contribution is -2.29. The number of nitrogens with two attached hydrogens (primary N) is 1. The maximum Gasteiger partial charge on any atom is 0.227 e. The Kier molecular flexibility index (Phi) is 6.88. The van der Waals surface area contributed by atoms with Crippen LogP contribution in [0.15, 0.2) is 36.7 Å². The first-order valence-corrected chi connectivity index (χ1v) is 12.9. The lowest BCUT2D eigenvalue weighted by atomic mass is 10.0. The average molecular weight is 520 g/mol. The van der Waals surface area contributed by atoms with Gasteiger partial charge in [-0.2, -0.15) is 0 Å². The molecule has 1 aliphatic carbocycles. The highest BCUT2D eigenvalue weighted by atomic mass is 35.5. The minimum Gasteiger partial charge on any atom is -0.494 e. The number of nitrogen functional groups attached to an aromatic ring is 1. The number of aromatic nitrogens is 3. The fraction of sp³-hybridized carbons (Fsp3) is 0.357. The zero-order valence-electron chi connectivity index (χ0n) is 22.1. The number of hydrogen-bond donors (Lipinski definition) is 2. The number of likely N-dealkylation sites (N-methyl/N-ethyl adjacent to an activating group) is 2. The Bertz CT molecular complexity index is 1460. The van der Waals surface area contributed by atoms with E-state index in [1.807, 2.05) is 19.2 Å². The molecule has 3 N–H and O–H groups in total. The van der Waals surface area contributed by atoms with Crippen LogP contribution in [0.25, 0.3) is 22.2 Å². The minimum absolute atomic E-state index is 0.420. The summed E-state index contributed by atoms with van der Waals surface area (Å²) >= 11 is 6.64. The summed E-state index contributed by atoms with van der Waals surface area (Å²) in [6.45, 7) is 1.75. The molecular formula is C28H34ClN7O. The van der Waals surface area contributed by atoms with Gasteiger partial charge in [-0.25, -0.2) is 9.97 Å². The SMILES string of the molecule is COc1cc(N(C)CCN(C)C)c(N)cc1Nc1ncc(Cl)c(-c2cn(C)c3c4c(ccc23)CCC4)n1. The van der Waals surface area contributed by atoms with Gasteiger partial charge in [0.15, 0.2) is 0 Å². The Balaban J connectivity index is 1.49. The predicted molar refractivity (Wildman–Crippen MR) is 153 cm³/mol. The molecular weight excluding hydrogens is 486 g/mol. The van der Waals surface area contributed by atoms with Gasteiger partial charge in [0.05, 0.1) is 46.6 Å². The number of methoxy groups -OCH3 is 1. The maximum atomic E-state index is 6.64. The van der Waals surface area contributed by atoms with E-state index in [0.29, 0.717) is 33.8 Å². The van der Waals surface area contributed by atoms with Crippen molar-refractivity contribution in [1.82, 2.24) is 19.4 Å². The van der Waals surface area contributed by atoms with Crippen molar-refractivity contribution in [3.63, 3.8) is 0 Å². The van der Waals surface area contributed by atoms with E-state index >= 15 is 0 Å². The first-order valence-electron chi connectivity index (χ1n) is 12.5. The molecule has 0 fully saturated rings. The molecule has 0 saturated carbocycles. The number of rotatable bonds is 8. The molecule has 9 heteroatoms. The van der Waals surface area contributed by atoms with Crippen molar-refractivity contribution in [2.24, 2.45) is 7.05 Å². The zero-order valence-corrected chi connectivity index (χ0v) is 22.9. The number of aryl methyl sites for hydroxylation is 3. The van der Waals surface area contributed by atoms with Crippen molar-refractivity contribution in [1.29, 1.82) is 0 Å². The van der Waals surface area contributed by atoms with E-state index in [4.69, 9.17) is 27.1 Å². The van der Waals surface area contributed by atoms with Gasteiger partial charge in [0, 0.05) is 50.4 Å². The van der Waals surface area contributed by atoms with Gasteiger partial charge in [0.25, 0.3) is 0 Å². The van der Waals surface area contributed by atoms with Crippen molar-refractivity contribution < 1.29 is 4.74 Å². The molecule has 0 atom stereocenters. The van der Waals surface area contributed by atoms with Gasteiger partial charge in [-0.15, -0.1) is 0 Å². The van der Waals surface area contributed by atoms with Gasteiger partial charge in [-0.05, 0) is 50.6 Å². The molecule has 0 amide bonds. The third-order valence-corrected chi connectivity index (χ3v) is 7.38. The van der Waals surface area contributed by atoms with Crippen molar-refractivity contribution >= 4 is 45.5 Å². The van der Waals surface area contributed by atoms with Crippen LogP contribution in [0.5, 0.6) is 5.75 Å². The molecule has 0 aliphatic heterocycles. The highest BCUT2D eigenvalue weighted by Crippen LogP contribution is 2.39. The molecule has 0 unspecified atom stereocenters.